The molecule has 5 nitrogen and oxygen atoms in total. The van der Waals surface area contributed by atoms with Crippen LogP contribution in [0.2, 0.25) is 0 Å². The maximum atomic E-state index is 13.3. The van der Waals surface area contributed by atoms with E-state index in [-0.39, 0.29) is 16.5 Å². The van der Waals surface area contributed by atoms with Gasteiger partial charge in [0.1, 0.15) is 6.04 Å². The number of hydrogen-bond donors (Lipinski definition) is 1. The van der Waals surface area contributed by atoms with E-state index in [1.807, 2.05) is 6.07 Å². The summed E-state index contributed by atoms with van der Waals surface area (Å²) in [6, 6.07) is 10.0. The summed E-state index contributed by atoms with van der Waals surface area (Å²) in [5.41, 5.74) is 1.59. The van der Waals surface area contributed by atoms with Gasteiger partial charge in [-0.3, -0.25) is 4.90 Å². The van der Waals surface area contributed by atoms with E-state index in [2.05, 4.69) is 4.99 Å². The Morgan fingerprint density at radius 2 is 1.73 bits per heavy atom. The van der Waals surface area contributed by atoms with Gasteiger partial charge >= 0.3 is 6.03 Å². The average Bonchev–Trinajstić information content (AvgIpc) is 2.66. The van der Waals surface area contributed by atoms with Crippen LogP contribution in [-0.2, 0) is 4.99 Å². The monoisotopic (exact) mass is 360 g/mol. The number of amides is 2. The highest BCUT2D eigenvalue weighted by atomic mass is 19.1. The summed E-state index contributed by atoms with van der Waals surface area (Å²) < 4.78 is 26.5. The predicted molar refractivity (Wildman–Crippen MR) is 93.7 cm³/mol. The number of halogens is 2. The lowest BCUT2D eigenvalue weighted by Gasteiger charge is -2.41. The predicted octanol–water partition coefficient (Wildman–Crippen LogP) is 3.25. The van der Waals surface area contributed by atoms with Crippen LogP contribution >= 0.6 is 0 Å². The van der Waals surface area contributed by atoms with Gasteiger partial charge in [0, 0.05) is 22.0 Å². The summed E-state index contributed by atoms with van der Waals surface area (Å²) >= 11 is 0. The molecule has 0 saturated heterocycles. The third-order valence-corrected chi connectivity index (χ3v) is 4.37. The van der Waals surface area contributed by atoms with Crippen molar-refractivity contribution in [2.45, 2.75) is 25.9 Å². The van der Waals surface area contributed by atoms with Gasteiger partial charge in [0.25, 0.3) is 0 Å². The maximum Gasteiger partial charge on any atom is 0.352 e. The van der Waals surface area contributed by atoms with Crippen molar-refractivity contribution >= 4 is 24.4 Å². The van der Waals surface area contributed by atoms with Gasteiger partial charge in [-0.25, -0.2) is 18.8 Å². The lowest BCUT2D eigenvalue weighted by atomic mass is 9.93. The van der Waals surface area contributed by atoms with E-state index in [1.54, 1.807) is 38.1 Å². The Kier molecular flexibility index (Phi) is 5.01. The number of anilines is 1. The number of hydroxylamine groups is 2. The highest BCUT2D eigenvalue weighted by Gasteiger charge is 2.41. The van der Waals surface area contributed by atoms with Crippen molar-refractivity contribution in [2.75, 3.05) is 4.90 Å². The topological polar surface area (TPSA) is 53.0 Å². The quantitative estimate of drug-likeness (QED) is 0.675. The fourth-order valence-electron chi connectivity index (χ4n) is 3.23. The SMILES string of the molecule is CC(C)N1C(=O)N(OO)C(c2ccccc2)c2cc(=CF)c(=CF)cc21. The molecule has 26 heavy (non-hydrogen) atoms. The van der Waals surface area contributed by atoms with Crippen molar-refractivity contribution in [3.63, 3.8) is 0 Å². The number of urea groups is 1. The molecule has 1 atom stereocenters. The van der Waals surface area contributed by atoms with Crippen LogP contribution < -0.4 is 15.3 Å². The maximum absolute atomic E-state index is 13.3. The first-order valence-corrected chi connectivity index (χ1v) is 8.07. The molecule has 136 valence electrons. The van der Waals surface area contributed by atoms with E-state index in [4.69, 9.17) is 0 Å². The number of carbonyl (C=O) groups excluding carboxylic acids is 1. The largest absolute Gasteiger partial charge is 0.352 e. The molecule has 2 amide bonds. The van der Waals surface area contributed by atoms with Gasteiger partial charge in [0.15, 0.2) is 0 Å². The summed E-state index contributed by atoms with van der Waals surface area (Å²) in [6.45, 7) is 3.54. The molecular formula is C19H18F2N2O3. The van der Waals surface area contributed by atoms with Gasteiger partial charge in [0.2, 0.25) is 0 Å². The van der Waals surface area contributed by atoms with Gasteiger partial charge in [-0.2, -0.15) is 5.06 Å². The number of carbonyl (C=O) groups is 1. The Morgan fingerprint density at radius 3 is 2.27 bits per heavy atom. The fraction of sp³-hybridized carbons (Fsp3) is 0.211. The first-order chi connectivity index (χ1) is 12.5. The second-order valence-corrected chi connectivity index (χ2v) is 6.23. The Balaban J connectivity index is 2.37. The smallest absolute Gasteiger partial charge is 0.290 e. The molecular weight excluding hydrogens is 342 g/mol. The molecule has 0 aromatic heterocycles. The number of nitrogens with zero attached hydrogens (tertiary/aromatic N) is 2. The number of rotatable bonds is 3. The first-order valence-electron chi connectivity index (χ1n) is 8.07. The van der Waals surface area contributed by atoms with Crippen molar-refractivity contribution in [1.82, 2.24) is 5.06 Å². The number of fused-ring (bicyclic) bond motifs is 1. The van der Waals surface area contributed by atoms with Crippen LogP contribution in [0.5, 0.6) is 0 Å². The van der Waals surface area contributed by atoms with Crippen molar-refractivity contribution in [3.8, 4) is 0 Å². The van der Waals surface area contributed by atoms with Crippen molar-refractivity contribution in [2.24, 2.45) is 0 Å². The molecule has 1 aliphatic heterocycles. The third kappa shape index (κ3) is 2.85. The molecule has 0 radical (unpaired) electrons. The Labute approximate surface area is 148 Å². The second kappa shape index (κ2) is 7.23. The van der Waals surface area contributed by atoms with E-state index in [9.17, 15) is 18.8 Å². The van der Waals surface area contributed by atoms with Gasteiger partial charge in [0.05, 0.1) is 18.3 Å². The summed E-state index contributed by atoms with van der Waals surface area (Å²) in [5.74, 6) is 0. The van der Waals surface area contributed by atoms with Crippen molar-refractivity contribution in [1.29, 1.82) is 0 Å². The Morgan fingerprint density at radius 1 is 1.12 bits per heavy atom. The van der Waals surface area contributed by atoms with Gasteiger partial charge in [-0.1, -0.05) is 30.3 Å². The number of benzene rings is 2. The highest BCUT2D eigenvalue weighted by molar-refractivity contribution is 5.96. The first kappa shape index (κ1) is 18.0. The van der Waals surface area contributed by atoms with Crippen LogP contribution in [0.25, 0.3) is 12.7 Å². The van der Waals surface area contributed by atoms with Crippen molar-refractivity contribution < 1.29 is 23.8 Å². The van der Waals surface area contributed by atoms with Crippen LogP contribution in [0.15, 0.2) is 42.5 Å². The molecule has 1 unspecified atom stereocenters. The lowest BCUT2D eigenvalue weighted by molar-refractivity contribution is -0.381. The van der Waals surface area contributed by atoms with E-state index in [0.29, 0.717) is 29.5 Å². The lowest BCUT2D eigenvalue weighted by Crippen LogP contribution is -2.53. The summed E-state index contributed by atoms with van der Waals surface area (Å²) in [6.07, 6.45) is 0.592. The molecule has 0 saturated carbocycles. The molecule has 0 aliphatic carbocycles. The minimum atomic E-state index is -0.814. The molecule has 2 aromatic rings. The zero-order chi connectivity index (χ0) is 18.8. The molecule has 0 fully saturated rings. The third-order valence-electron chi connectivity index (χ3n) is 4.37. The van der Waals surface area contributed by atoms with Gasteiger partial charge in [-0.15, -0.1) is 4.99 Å². The Bertz CT molecular complexity index is 932. The highest BCUT2D eigenvalue weighted by Crippen LogP contribution is 2.40. The van der Waals surface area contributed by atoms with Gasteiger partial charge in [-0.05, 0) is 31.5 Å². The Hall–Kier alpha value is -2.77. The van der Waals surface area contributed by atoms with Crippen LogP contribution in [0.1, 0.15) is 31.0 Å². The van der Waals surface area contributed by atoms with Crippen LogP contribution in [0.4, 0.5) is 19.3 Å². The van der Waals surface area contributed by atoms with Crippen LogP contribution in [0, 0.1) is 0 Å². The second-order valence-electron chi connectivity index (χ2n) is 6.23. The molecule has 0 spiro atoms. The summed E-state index contributed by atoms with van der Waals surface area (Å²) in [7, 11) is 0. The van der Waals surface area contributed by atoms with E-state index in [0.717, 1.165) is 5.06 Å². The van der Waals surface area contributed by atoms with Crippen LogP contribution in [-0.4, -0.2) is 22.4 Å². The molecule has 0 bridgehead atoms. The van der Waals surface area contributed by atoms with Gasteiger partial charge < -0.3 is 0 Å². The standard InChI is InChI=1S/C19H18F2N2O3/c1-12(2)22-17-9-15(11-21)14(10-20)8-16(17)18(23(26-25)19(22)24)13-6-4-3-5-7-13/h3-12,18,25H,1-2H3. The molecule has 2 aromatic carbocycles. The number of hydrogen-bond acceptors (Lipinski definition) is 3. The molecule has 1 aliphatic rings. The normalized spacial score (nSPS) is 18.7. The minimum absolute atomic E-state index is 0.0230. The van der Waals surface area contributed by atoms with E-state index >= 15 is 0 Å². The zero-order valence-electron chi connectivity index (χ0n) is 14.3. The average molecular weight is 360 g/mol. The van der Waals surface area contributed by atoms with Crippen LogP contribution in [0.3, 0.4) is 0 Å². The zero-order valence-corrected chi connectivity index (χ0v) is 14.3. The summed E-state index contributed by atoms with van der Waals surface area (Å²) in [4.78, 5) is 18.6. The van der Waals surface area contributed by atoms with E-state index in [1.165, 1.54) is 17.0 Å². The fourth-order valence-corrected chi connectivity index (χ4v) is 3.23. The summed E-state index contributed by atoms with van der Waals surface area (Å²) in [5, 5.41) is 10.2. The van der Waals surface area contributed by atoms with E-state index < -0.39 is 12.1 Å². The molecule has 1 heterocycles. The molecule has 1 N–H and O–H groups in total. The minimum Gasteiger partial charge on any atom is -0.290 e. The molecule has 7 heteroatoms. The van der Waals surface area contributed by atoms with Crippen molar-refractivity contribution in [3.05, 3.63) is 64.0 Å². The molecule has 3 rings (SSSR count).